The Morgan fingerprint density at radius 2 is 2.00 bits per heavy atom. The van der Waals surface area contributed by atoms with Gasteiger partial charge in [0.2, 0.25) is 11.8 Å². The minimum Gasteiger partial charge on any atom is -0.481 e. The molecule has 0 radical (unpaired) electrons. The number of carbonyl (C=O) groups excluding carboxylic acids is 1. The Hall–Kier alpha value is -1.65. The van der Waals surface area contributed by atoms with Gasteiger partial charge in [0, 0.05) is 18.9 Å². The Morgan fingerprint density at radius 3 is 2.83 bits per heavy atom. The van der Waals surface area contributed by atoms with Crippen molar-refractivity contribution in [1.82, 2.24) is 14.9 Å². The molecule has 5 nitrogen and oxygen atoms in total. The third-order valence-corrected chi connectivity index (χ3v) is 6.36. The van der Waals surface area contributed by atoms with Crippen LogP contribution in [0, 0.1) is 17.8 Å². The predicted octanol–water partition coefficient (Wildman–Crippen LogP) is 2.98. The second kappa shape index (κ2) is 6.69. The number of nitrogens with zero attached hydrogens (tertiary/aromatic N) is 3. The van der Waals surface area contributed by atoms with Crippen LogP contribution in [0.2, 0.25) is 0 Å². The van der Waals surface area contributed by atoms with Crippen LogP contribution in [0.5, 0.6) is 5.88 Å². The topological polar surface area (TPSA) is 55.3 Å². The number of rotatable bonds is 2. The van der Waals surface area contributed by atoms with Gasteiger partial charge < -0.3 is 9.64 Å². The zero-order valence-electron chi connectivity index (χ0n) is 14.5. The molecule has 0 aromatic carbocycles. The van der Waals surface area contributed by atoms with Gasteiger partial charge >= 0.3 is 0 Å². The Balaban J connectivity index is 1.45. The molecule has 2 aliphatic carbocycles. The zero-order valence-corrected chi connectivity index (χ0v) is 14.5. The molecule has 24 heavy (non-hydrogen) atoms. The van der Waals surface area contributed by atoms with Gasteiger partial charge in [-0.25, -0.2) is 9.97 Å². The molecule has 0 unspecified atom stereocenters. The van der Waals surface area contributed by atoms with E-state index in [9.17, 15) is 4.79 Å². The van der Waals surface area contributed by atoms with Crippen LogP contribution in [0.25, 0.3) is 0 Å². The summed E-state index contributed by atoms with van der Waals surface area (Å²) in [5.74, 6) is 2.86. The van der Waals surface area contributed by atoms with Crippen molar-refractivity contribution in [1.29, 1.82) is 0 Å². The monoisotopic (exact) mass is 329 g/mol. The summed E-state index contributed by atoms with van der Waals surface area (Å²) in [6.45, 7) is 1.37. The number of methoxy groups -OCH3 is 1. The number of carbonyl (C=O) groups is 1. The second-order valence-corrected chi connectivity index (χ2v) is 7.63. The average Bonchev–Trinajstić information content (AvgIpc) is 2.66. The van der Waals surface area contributed by atoms with Crippen molar-refractivity contribution < 1.29 is 9.53 Å². The number of fused-ring (bicyclic) bond motifs is 2. The summed E-state index contributed by atoms with van der Waals surface area (Å²) < 4.78 is 5.37. The van der Waals surface area contributed by atoms with Gasteiger partial charge in [-0.2, -0.15) is 0 Å². The molecule has 3 atom stereocenters. The van der Waals surface area contributed by atoms with E-state index in [1.54, 1.807) is 13.4 Å². The summed E-state index contributed by atoms with van der Waals surface area (Å²) in [4.78, 5) is 23.7. The van der Waals surface area contributed by atoms with Crippen molar-refractivity contribution in [2.45, 2.75) is 57.9 Å². The lowest BCUT2D eigenvalue weighted by Crippen LogP contribution is -2.43. The molecule has 0 bridgehead atoms. The lowest BCUT2D eigenvalue weighted by atomic mass is 9.67. The SMILES string of the molecule is COc1ncnc2c1CN(C(=O)[C@@H]1CC[C@H]3CCCC[C@H]3C1)CC2. The summed E-state index contributed by atoms with van der Waals surface area (Å²) in [6, 6.07) is 0. The van der Waals surface area contributed by atoms with Crippen molar-refractivity contribution in [3.63, 3.8) is 0 Å². The number of hydrogen-bond donors (Lipinski definition) is 0. The molecule has 2 heterocycles. The third kappa shape index (κ3) is 2.89. The summed E-state index contributed by atoms with van der Waals surface area (Å²) >= 11 is 0. The van der Waals surface area contributed by atoms with Crippen molar-refractivity contribution in [2.24, 2.45) is 17.8 Å². The van der Waals surface area contributed by atoms with Gasteiger partial charge in [0.1, 0.15) is 6.33 Å². The van der Waals surface area contributed by atoms with E-state index in [2.05, 4.69) is 9.97 Å². The van der Waals surface area contributed by atoms with Crippen LogP contribution in [0.3, 0.4) is 0 Å². The first-order valence-electron chi connectivity index (χ1n) is 9.41. The standard InChI is InChI=1S/C19H27N3O2/c1-24-18-16-11-22(9-8-17(16)20-12-21-18)19(23)15-7-6-13-4-2-3-5-14(13)10-15/h12-15H,2-11H2,1H3/t13-,14+,15-/m1/s1. The lowest BCUT2D eigenvalue weighted by Gasteiger charge is -2.40. The number of hydrogen-bond acceptors (Lipinski definition) is 4. The maximum atomic E-state index is 13.1. The molecule has 1 aromatic heterocycles. The minimum atomic E-state index is 0.224. The Kier molecular flexibility index (Phi) is 4.42. The molecule has 0 saturated heterocycles. The largest absolute Gasteiger partial charge is 0.481 e. The second-order valence-electron chi connectivity index (χ2n) is 7.63. The van der Waals surface area contributed by atoms with Crippen LogP contribution in [0.15, 0.2) is 6.33 Å². The number of amides is 1. The highest BCUT2D eigenvalue weighted by molar-refractivity contribution is 5.79. The van der Waals surface area contributed by atoms with E-state index in [0.29, 0.717) is 18.3 Å². The first kappa shape index (κ1) is 15.9. The van der Waals surface area contributed by atoms with E-state index in [4.69, 9.17) is 4.74 Å². The summed E-state index contributed by atoms with van der Waals surface area (Å²) in [7, 11) is 1.63. The van der Waals surface area contributed by atoms with Crippen molar-refractivity contribution >= 4 is 5.91 Å². The van der Waals surface area contributed by atoms with Crippen molar-refractivity contribution in [2.75, 3.05) is 13.7 Å². The molecule has 1 aromatic rings. The predicted molar refractivity (Wildman–Crippen MR) is 90.5 cm³/mol. The van der Waals surface area contributed by atoms with Crippen LogP contribution < -0.4 is 4.74 Å². The Labute approximate surface area is 143 Å². The van der Waals surface area contributed by atoms with Crippen LogP contribution in [-0.2, 0) is 17.8 Å². The van der Waals surface area contributed by atoms with Gasteiger partial charge in [-0.15, -0.1) is 0 Å². The summed E-state index contributed by atoms with van der Waals surface area (Å²) in [5, 5.41) is 0. The third-order valence-electron chi connectivity index (χ3n) is 6.36. The molecule has 4 rings (SSSR count). The summed E-state index contributed by atoms with van der Waals surface area (Å²) in [5.41, 5.74) is 2.02. The fraction of sp³-hybridized carbons (Fsp3) is 0.737. The molecule has 5 heteroatoms. The van der Waals surface area contributed by atoms with Crippen LogP contribution >= 0.6 is 0 Å². The molecule has 130 valence electrons. The van der Waals surface area contributed by atoms with Crippen LogP contribution in [0.1, 0.15) is 56.2 Å². The molecule has 2 fully saturated rings. The molecule has 1 amide bonds. The van der Waals surface area contributed by atoms with Crippen LogP contribution in [0.4, 0.5) is 0 Å². The number of aromatic nitrogens is 2. The molecule has 1 aliphatic heterocycles. The molecule has 0 spiro atoms. The highest BCUT2D eigenvalue weighted by atomic mass is 16.5. The first-order valence-corrected chi connectivity index (χ1v) is 9.41. The van der Waals surface area contributed by atoms with Gasteiger partial charge in [-0.1, -0.05) is 25.7 Å². The van der Waals surface area contributed by atoms with E-state index in [1.165, 1.54) is 32.1 Å². The quantitative estimate of drug-likeness (QED) is 0.837. The lowest BCUT2D eigenvalue weighted by molar-refractivity contribution is -0.139. The number of ether oxygens (including phenoxy) is 1. The van der Waals surface area contributed by atoms with E-state index in [-0.39, 0.29) is 5.92 Å². The fourth-order valence-corrected chi connectivity index (χ4v) is 5.04. The van der Waals surface area contributed by atoms with Gasteiger partial charge in [0.15, 0.2) is 0 Å². The van der Waals surface area contributed by atoms with Crippen molar-refractivity contribution in [3.05, 3.63) is 17.6 Å². The molecule has 3 aliphatic rings. The molecular formula is C19H27N3O2. The maximum absolute atomic E-state index is 13.1. The van der Waals surface area contributed by atoms with E-state index < -0.39 is 0 Å². The van der Waals surface area contributed by atoms with E-state index in [0.717, 1.165) is 48.9 Å². The van der Waals surface area contributed by atoms with Crippen molar-refractivity contribution in [3.8, 4) is 5.88 Å². The maximum Gasteiger partial charge on any atom is 0.226 e. The molecule has 0 N–H and O–H groups in total. The Bertz CT molecular complexity index is 604. The molecule has 2 saturated carbocycles. The average molecular weight is 329 g/mol. The minimum absolute atomic E-state index is 0.224. The fourth-order valence-electron chi connectivity index (χ4n) is 5.04. The van der Waals surface area contributed by atoms with E-state index >= 15 is 0 Å². The van der Waals surface area contributed by atoms with Gasteiger partial charge in [0.05, 0.1) is 24.9 Å². The van der Waals surface area contributed by atoms with Gasteiger partial charge in [-0.05, 0) is 31.1 Å². The van der Waals surface area contributed by atoms with Crippen LogP contribution in [-0.4, -0.2) is 34.4 Å². The smallest absolute Gasteiger partial charge is 0.226 e. The summed E-state index contributed by atoms with van der Waals surface area (Å²) in [6.07, 6.45) is 11.3. The highest BCUT2D eigenvalue weighted by Crippen LogP contribution is 2.43. The molecular weight excluding hydrogens is 302 g/mol. The Morgan fingerprint density at radius 1 is 1.17 bits per heavy atom. The van der Waals surface area contributed by atoms with Gasteiger partial charge in [-0.3, -0.25) is 4.79 Å². The normalized spacial score (nSPS) is 29.5. The van der Waals surface area contributed by atoms with Gasteiger partial charge in [0.25, 0.3) is 0 Å². The zero-order chi connectivity index (χ0) is 16.5. The van der Waals surface area contributed by atoms with E-state index in [1.807, 2.05) is 4.90 Å². The first-order chi connectivity index (χ1) is 11.8. The highest BCUT2D eigenvalue weighted by Gasteiger charge is 2.37.